The molecule has 31 heavy (non-hydrogen) atoms. The minimum atomic E-state index is -0.372. The van der Waals surface area contributed by atoms with Crippen LogP contribution in [0.15, 0.2) is 53.7 Å². The predicted molar refractivity (Wildman–Crippen MR) is 119 cm³/mol. The van der Waals surface area contributed by atoms with Gasteiger partial charge < -0.3 is 14.8 Å². The van der Waals surface area contributed by atoms with Crippen molar-refractivity contribution >= 4 is 29.3 Å². The molecule has 0 fully saturated rings. The Hall–Kier alpha value is -3.33. The first-order valence-corrected chi connectivity index (χ1v) is 10.8. The molecule has 0 saturated heterocycles. The maximum absolute atomic E-state index is 12.4. The number of rotatable bonds is 9. The molecular formula is C22H24N4O4S. The average Bonchev–Trinajstić information content (AvgIpc) is 3.16. The molecule has 162 valence electrons. The van der Waals surface area contributed by atoms with Crippen LogP contribution < -0.4 is 10.1 Å². The molecule has 0 aliphatic heterocycles. The van der Waals surface area contributed by atoms with Crippen LogP contribution in [-0.4, -0.2) is 46.1 Å². The van der Waals surface area contributed by atoms with Crippen LogP contribution in [0.1, 0.15) is 29.5 Å². The monoisotopic (exact) mass is 440 g/mol. The molecule has 0 unspecified atom stereocenters. The van der Waals surface area contributed by atoms with Crippen molar-refractivity contribution in [1.29, 1.82) is 0 Å². The van der Waals surface area contributed by atoms with Crippen LogP contribution >= 0.6 is 11.8 Å². The van der Waals surface area contributed by atoms with Gasteiger partial charge in [0.05, 0.1) is 25.0 Å². The molecule has 0 aliphatic rings. The Kier molecular flexibility index (Phi) is 7.66. The van der Waals surface area contributed by atoms with Crippen LogP contribution in [0.5, 0.6) is 5.75 Å². The lowest BCUT2D eigenvalue weighted by Crippen LogP contribution is -2.15. The van der Waals surface area contributed by atoms with E-state index in [9.17, 15) is 9.59 Å². The first-order valence-electron chi connectivity index (χ1n) is 9.78. The number of hydrogen-bond donors (Lipinski definition) is 1. The van der Waals surface area contributed by atoms with Gasteiger partial charge >= 0.3 is 5.97 Å². The molecule has 3 rings (SSSR count). The number of aromatic nitrogens is 3. The van der Waals surface area contributed by atoms with Gasteiger partial charge in [-0.15, -0.1) is 10.2 Å². The first-order chi connectivity index (χ1) is 15.0. The SMILES string of the molecule is CCCOC(=O)c1ccc(NC(=O)CSc2nnc(C)n2-c2ccc(OC)cc2)cc1. The number of carbonyl (C=O) groups is 2. The second-order valence-corrected chi connectivity index (χ2v) is 7.56. The van der Waals surface area contributed by atoms with Crippen molar-refractivity contribution in [2.24, 2.45) is 0 Å². The lowest BCUT2D eigenvalue weighted by Gasteiger charge is -2.10. The van der Waals surface area contributed by atoms with Crippen LogP contribution in [0.25, 0.3) is 5.69 Å². The molecule has 0 aliphatic carbocycles. The second kappa shape index (κ2) is 10.6. The van der Waals surface area contributed by atoms with Crippen molar-refractivity contribution in [3.8, 4) is 11.4 Å². The van der Waals surface area contributed by atoms with E-state index >= 15 is 0 Å². The van der Waals surface area contributed by atoms with E-state index in [1.807, 2.05) is 42.7 Å². The zero-order valence-corrected chi connectivity index (χ0v) is 18.4. The smallest absolute Gasteiger partial charge is 0.338 e. The fourth-order valence-corrected chi connectivity index (χ4v) is 3.56. The fourth-order valence-electron chi connectivity index (χ4n) is 2.76. The van der Waals surface area contributed by atoms with Crippen LogP contribution in [0, 0.1) is 6.92 Å². The van der Waals surface area contributed by atoms with E-state index < -0.39 is 0 Å². The van der Waals surface area contributed by atoms with Crippen molar-refractivity contribution in [3.63, 3.8) is 0 Å². The van der Waals surface area contributed by atoms with Crippen LogP contribution in [-0.2, 0) is 9.53 Å². The highest BCUT2D eigenvalue weighted by Gasteiger charge is 2.14. The van der Waals surface area contributed by atoms with Crippen molar-refractivity contribution in [3.05, 3.63) is 59.9 Å². The maximum Gasteiger partial charge on any atom is 0.338 e. The van der Waals surface area contributed by atoms with Gasteiger partial charge in [0.25, 0.3) is 0 Å². The Morgan fingerprint density at radius 1 is 1.06 bits per heavy atom. The van der Waals surface area contributed by atoms with Crippen LogP contribution in [0.4, 0.5) is 5.69 Å². The molecule has 0 spiro atoms. The summed E-state index contributed by atoms with van der Waals surface area (Å²) in [4.78, 5) is 24.2. The van der Waals surface area contributed by atoms with Gasteiger partial charge in [-0.1, -0.05) is 18.7 Å². The number of ether oxygens (including phenoxy) is 2. The largest absolute Gasteiger partial charge is 0.497 e. The first kappa shape index (κ1) is 22.4. The summed E-state index contributed by atoms with van der Waals surface area (Å²) in [5, 5.41) is 11.7. The van der Waals surface area contributed by atoms with Gasteiger partial charge in [-0.2, -0.15) is 0 Å². The third-order valence-corrected chi connectivity index (χ3v) is 5.23. The number of benzene rings is 2. The number of thioether (sulfide) groups is 1. The molecule has 1 aromatic heterocycles. The lowest BCUT2D eigenvalue weighted by molar-refractivity contribution is -0.113. The van der Waals surface area contributed by atoms with E-state index in [1.165, 1.54) is 11.8 Å². The zero-order valence-electron chi connectivity index (χ0n) is 17.6. The maximum atomic E-state index is 12.4. The normalized spacial score (nSPS) is 10.5. The molecule has 0 bridgehead atoms. The minimum Gasteiger partial charge on any atom is -0.497 e. The highest BCUT2D eigenvalue weighted by atomic mass is 32.2. The summed E-state index contributed by atoms with van der Waals surface area (Å²) >= 11 is 1.29. The summed E-state index contributed by atoms with van der Waals surface area (Å²) < 4.78 is 12.2. The minimum absolute atomic E-state index is 0.161. The number of methoxy groups -OCH3 is 1. The Bertz CT molecular complexity index is 1030. The summed E-state index contributed by atoms with van der Waals surface area (Å²) in [5.74, 6) is 1.08. The number of anilines is 1. The molecule has 0 radical (unpaired) electrons. The Morgan fingerprint density at radius 2 is 1.77 bits per heavy atom. The molecule has 3 aromatic rings. The van der Waals surface area contributed by atoms with E-state index in [2.05, 4.69) is 15.5 Å². The van der Waals surface area contributed by atoms with Gasteiger partial charge in [0.2, 0.25) is 5.91 Å². The molecule has 1 amide bonds. The van der Waals surface area contributed by atoms with Crippen molar-refractivity contribution in [2.75, 3.05) is 24.8 Å². The van der Waals surface area contributed by atoms with Crippen LogP contribution in [0.3, 0.4) is 0 Å². The van der Waals surface area contributed by atoms with E-state index in [-0.39, 0.29) is 17.6 Å². The Balaban J connectivity index is 1.59. The quantitative estimate of drug-likeness (QED) is 0.398. The molecular weight excluding hydrogens is 416 g/mol. The van der Waals surface area contributed by atoms with Gasteiger partial charge in [-0.3, -0.25) is 9.36 Å². The van der Waals surface area contributed by atoms with Gasteiger partial charge in [0.1, 0.15) is 11.6 Å². The summed E-state index contributed by atoms with van der Waals surface area (Å²) in [6.07, 6.45) is 0.767. The van der Waals surface area contributed by atoms with E-state index in [4.69, 9.17) is 9.47 Å². The number of esters is 1. The number of hydrogen-bond acceptors (Lipinski definition) is 7. The standard InChI is InChI=1S/C22H24N4O4S/c1-4-13-30-21(28)16-5-7-17(8-6-16)23-20(27)14-31-22-25-24-15(2)26(22)18-9-11-19(29-3)12-10-18/h5-12H,4,13-14H2,1-3H3,(H,23,27). The van der Waals surface area contributed by atoms with Gasteiger partial charge in [0.15, 0.2) is 5.16 Å². The summed E-state index contributed by atoms with van der Waals surface area (Å²) in [6, 6.07) is 14.1. The molecule has 2 aromatic carbocycles. The fraction of sp³-hybridized carbons (Fsp3) is 0.273. The number of carbonyl (C=O) groups excluding carboxylic acids is 2. The topological polar surface area (TPSA) is 95.3 Å². The highest BCUT2D eigenvalue weighted by Crippen LogP contribution is 2.23. The van der Waals surface area contributed by atoms with E-state index in [0.717, 1.165) is 23.7 Å². The van der Waals surface area contributed by atoms with E-state index in [1.54, 1.807) is 31.4 Å². The summed E-state index contributed by atoms with van der Waals surface area (Å²) in [5.41, 5.74) is 1.94. The third-order valence-electron chi connectivity index (χ3n) is 4.30. The predicted octanol–water partition coefficient (Wildman–Crippen LogP) is 3.88. The van der Waals surface area contributed by atoms with Gasteiger partial charge in [0, 0.05) is 11.4 Å². The third kappa shape index (κ3) is 5.85. The van der Waals surface area contributed by atoms with E-state index in [0.29, 0.717) is 23.0 Å². The lowest BCUT2D eigenvalue weighted by atomic mass is 10.2. The van der Waals surface area contributed by atoms with Gasteiger partial charge in [-0.25, -0.2) is 4.79 Å². The number of amides is 1. The molecule has 8 nitrogen and oxygen atoms in total. The van der Waals surface area contributed by atoms with Crippen molar-refractivity contribution < 1.29 is 19.1 Å². The summed E-state index contributed by atoms with van der Waals surface area (Å²) in [6.45, 7) is 4.17. The summed E-state index contributed by atoms with van der Waals surface area (Å²) in [7, 11) is 1.62. The Labute approximate surface area is 185 Å². The van der Waals surface area contributed by atoms with Gasteiger partial charge in [-0.05, 0) is 61.9 Å². The zero-order chi connectivity index (χ0) is 22.2. The number of aryl methyl sites for hydroxylation is 1. The molecule has 0 atom stereocenters. The highest BCUT2D eigenvalue weighted by molar-refractivity contribution is 7.99. The Morgan fingerprint density at radius 3 is 2.42 bits per heavy atom. The van der Waals surface area contributed by atoms with Crippen molar-refractivity contribution in [2.45, 2.75) is 25.4 Å². The molecule has 9 heteroatoms. The molecule has 1 N–H and O–H groups in total. The molecule has 1 heterocycles. The average molecular weight is 441 g/mol. The second-order valence-electron chi connectivity index (χ2n) is 6.61. The number of nitrogens with one attached hydrogen (secondary N) is 1. The molecule has 0 saturated carbocycles. The van der Waals surface area contributed by atoms with Crippen LogP contribution in [0.2, 0.25) is 0 Å². The van der Waals surface area contributed by atoms with Crippen molar-refractivity contribution in [1.82, 2.24) is 14.8 Å². The number of nitrogens with zero attached hydrogens (tertiary/aromatic N) is 3.